The minimum Gasteiger partial charge on any atom is -0.361 e. The number of aromatic nitrogens is 1. The van der Waals surface area contributed by atoms with Crippen molar-refractivity contribution in [1.29, 1.82) is 0 Å². The molecule has 2 aromatic rings. The molecule has 0 saturated heterocycles. The first-order chi connectivity index (χ1) is 6.92. The Kier molecular flexibility index (Phi) is 2.53. The van der Waals surface area contributed by atoms with Crippen LogP contribution in [0, 0.1) is 11.8 Å². The number of hydrogen-bond acceptors (Lipinski definition) is 1. The lowest BCUT2D eigenvalue weighted by Crippen LogP contribution is -1.95. The lowest BCUT2D eigenvalue weighted by atomic mass is 10.1. The molecule has 14 heavy (non-hydrogen) atoms. The number of aromatic amines is 1. The van der Waals surface area contributed by atoms with Crippen molar-refractivity contribution < 1.29 is 0 Å². The van der Waals surface area contributed by atoms with Gasteiger partial charge in [-0.05, 0) is 18.2 Å². The van der Waals surface area contributed by atoms with E-state index in [1.807, 2.05) is 30.5 Å². The highest BCUT2D eigenvalue weighted by molar-refractivity contribution is 5.85. The summed E-state index contributed by atoms with van der Waals surface area (Å²) in [6.45, 7) is 0.621. The van der Waals surface area contributed by atoms with Crippen LogP contribution in [-0.4, -0.2) is 11.5 Å². The predicted octanol–water partition coefficient (Wildman–Crippen LogP) is 1.87. The van der Waals surface area contributed by atoms with Crippen molar-refractivity contribution in [3.8, 4) is 11.8 Å². The van der Waals surface area contributed by atoms with Crippen LogP contribution in [0.1, 0.15) is 12.0 Å². The molecular weight excluding hydrogens is 172 g/mol. The van der Waals surface area contributed by atoms with Gasteiger partial charge in [0.25, 0.3) is 0 Å². The molecule has 2 rings (SSSR count). The molecule has 3 N–H and O–H groups in total. The van der Waals surface area contributed by atoms with E-state index in [0.717, 1.165) is 17.5 Å². The summed E-state index contributed by atoms with van der Waals surface area (Å²) < 4.78 is 0. The van der Waals surface area contributed by atoms with E-state index in [-0.39, 0.29) is 0 Å². The molecule has 0 aliphatic rings. The fraction of sp³-hybridized carbons (Fsp3) is 0.167. The number of H-pyrrole nitrogens is 1. The van der Waals surface area contributed by atoms with Gasteiger partial charge in [0, 0.05) is 35.6 Å². The van der Waals surface area contributed by atoms with Crippen molar-refractivity contribution in [3.63, 3.8) is 0 Å². The summed E-state index contributed by atoms with van der Waals surface area (Å²) in [5, 5.41) is 1.18. The van der Waals surface area contributed by atoms with Crippen molar-refractivity contribution in [2.45, 2.75) is 6.42 Å². The van der Waals surface area contributed by atoms with Crippen LogP contribution in [0.4, 0.5) is 0 Å². The summed E-state index contributed by atoms with van der Waals surface area (Å²) in [6.07, 6.45) is 2.68. The van der Waals surface area contributed by atoms with Gasteiger partial charge in [-0.15, -0.1) is 0 Å². The molecular formula is C12H12N2. The van der Waals surface area contributed by atoms with E-state index in [9.17, 15) is 0 Å². The zero-order chi connectivity index (χ0) is 9.80. The van der Waals surface area contributed by atoms with Crippen LogP contribution >= 0.6 is 0 Å². The van der Waals surface area contributed by atoms with Crippen LogP contribution in [0.15, 0.2) is 30.5 Å². The summed E-state index contributed by atoms with van der Waals surface area (Å²) in [5.74, 6) is 6.17. The quantitative estimate of drug-likeness (QED) is 0.653. The van der Waals surface area contributed by atoms with E-state index < -0.39 is 0 Å². The smallest absolute Gasteiger partial charge is 0.0466 e. The lowest BCUT2D eigenvalue weighted by molar-refractivity contribution is 1.03. The summed E-state index contributed by atoms with van der Waals surface area (Å²) in [7, 11) is 0. The maximum absolute atomic E-state index is 5.38. The topological polar surface area (TPSA) is 41.8 Å². The average molecular weight is 184 g/mol. The van der Waals surface area contributed by atoms with Crippen LogP contribution in [0.25, 0.3) is 10.9 Å². The molecule has 1 aromatic carbocycles. The predicted molar refractivity (Wildman–Crippen MR) is 58.8 cm³/mol. The minimum absolute atomic E-state index is 0.621. The van der Waals surface area contributed by atoms with Gasteiger partial charge in [0.15, 0.2) is 0 Å². The van der Waals surface area contributed by atoms with Crippen LogP contribution in [0.3, 0.4) is 0 Å². The standard InChI is InChI=1S/C12H12N2/c13-8-2-1-4-10-5-3-6-12-11(10)7-9-14-12/h3,5-7,9,14H,2,8,13H2. The SMILES string of the molecule is NCCC#Cc1cccc2[nH]ccc12. The Morgan fingerprint density at radius 3 is 3.07 bits per heavy atom. The van der Waals surface area contributed by atoms with E-state index in [1.165, 1.54) is 5.39 Å². The van der Waals surface area contributed by atoms with Gasteiger partial charge < -0.3 is 10.7 Å². The normalized spacial score (nSPS) is 9.79. The van der Waals surface area contributed by atoms with Gasteiger partial charge in [0.05, 0.1) is 0 Å². The Hall–Kier alpha value is -1.72. The molecule has 0 aliphatic heterocycles. The molecule has 0 fully saturated rings. The van der Waals surface area contributed by atoms with Gasteiger partial charge in [-0.25, -0.2) is 0 Å². The second-order valence-electron chi connectivity index (χ2n) is 3.08. The van der Waals surface area contributed by atoms with Crippen LogP contribution in [0.5, 0.6) is 0 Å². The number of rotatable bonds is 1. The minimum atomic E-state index is 0.621. The zero-order valence-corrected chi connectivity index (χ0v) is 7.88. The number of nitrogens with two attached hydrogens (primary N) is 1. The fourth-order valence-corrected chi connectivity index (χ4v) is 1.42. The third kappa shape index (κ3) is 1.63. The first kappa shape index (κ1) is 8.86. The largest absolute Gasteiger partial charge is 0.361 e. The van der Waals surface area contributed by atoms with Gasteiger partial charge in [-0.3, -0.25) is 0 Å². The van der Waals surface area contributed by atoms with Gasteiger partial charge in [-0.2, -0.15) is 0 Å². The number of nitrogens with one attached hydrogen (secondary N) is 1. The van der Waals surface area contributed by atoms with Crippen molar-refractivity contribution >= 4 is 10.9 Å². The van der Waals surface area contributed by atoms with Crippen molar-refractivity contribution in [1.82, 2.24) is 4.98 Å². The molecule has 0 bridgehead atoms. The Labute approximate surface area is 83.1 Å². The number of fused-ring (bicyclic) bond motifs is 1. The molecule has 1 aromatic heterocycles. The summed E-state index contributed by atoms with van der Waals surface area (Å²) in [4.78, 5) is 3.16. The number of hydrogen-bond donors (Lipinski definition) is 2. The van der Waals surface area contributed by atoms with Crippen LogP contribution in [-0.2, 0) is 0 Å². The monoisotopic (exact) mass is 184 g/mol. The van der Waals surface area contributed by atoms with Crippen LogP contribution in [0.2, 0.25) is 0 Å². The lowest BCUT2D eigenvalue weighted by Gasteiger charge is -1.92. The molecule has 70 valence electrons. The molecule has 0 spiro atoms. The molecule has 0 atom stereocenters. The maximum atomic E-state index is 5.38. The highest BCUT2D eigenvalue weighted by Gasteiger charge is 1.96. The van der Waals surface area contributed by atoms with Gasteiger partial charge >= 0.3 is 0 Å². The molecule has 0 unspecified atom stereocenters. The summed E-state index contributed by atoms with van der Waals surface area (Å²) >= 11 is 0. The van der Waals surface area contributed by atoms with E-state index in [1.54, 1.807) is 0 Å². The first-order valence-corrected chi connectivity index (χ1v) is 4.67. The van der Waals surface area contributed by atoms with E-state index >= 15 is 0 Å². The average Bonchev–Trinajstić information content (AvgIpc) is 2.67. The molecule has 1 heterocycles. The van der Waals surface area contributed by atoms with Crippen molar-refractivity contribution in [3.05, 3.63) is 36.0 Å². The first-order valence-electron chi connectivity index (χ1n) is 4.67. The third-order valence-corrected chi connectivity index (χ3v) is 2.09. The Balaban J connectivity index is 2.43. The molecule has 0 amide bonds. The van der Waals surface area contributed by atoms with Gasteiger partial charge in [-0.1, -0.05) is 17.9 Å². The third-order valence-electron chi connectivity index (χ3n) is 2.09. The highest BCUT2D eigenvalue weighted by Crippen LogP contribution is 2.15. The summed E-state index contributed by atoms with van der Waals surface area (Å²) in [5.41, 5.74) is 7.57. The molecule has 0 aliphatic carbocycles. The van der Waals surface area contributed by atoms with Crippen LogP contribution < -0.4 is 5.73 Å². The van der Waals surface area contributed by atoms with Gasteiger partial charge in [0.2, 0.25) is 0 Å². The van der Waals surface area contributed by atoms with Gasteiger partial charge in [0.1, 0.15) is 0 Å². The second kappa shape index (κ2) is 3.99. The van der Waals surface area contributed by atoms with E-state index in [2.05, 4.69) is 16.8 Å². The Morgan fingerprint density at radius 2 is 2.21 bits per heavy atom. The molecule has 2 nitrogen and oxygen atoms in total. The summed E-state index contributed by atoms with van der Waals surface area (Å²) in [6, 6.07) is 8.12. The van der Waals surface area contributed by atoms with Crippen molar-refractivity contribution in [2.75, 3.05) is 6.54 Å². The second-order valence-corrected chi connectivity index (χ2v) is 3.08. The number of benzene rings is 1. The molecule has 0 radical (unpaired) electrons. The Bertz CT molecular complexity index is 485. The van der Waals surface area contributed by atoms with Crippen molar-refractivity contribution in [2.24, 2.45) is 5.73 Å². The zero-order valence-electron chi connectivity index (χ0n) is 7.88. The Morgan fingerprint density at radius 1 is 1.29 bits per heavy atom. The molecule has 0 saturated carbocycles. The van der Waals surface area contributed by atoms with E-state index in [0.29, 0.717) is 6.54 Å². The maximum Gasteiger partial charge on any atom is 0.0466 e. The molecule has 2 heteroatoms. The van der Waals surface area contributed by atoms with E-state index in [4.69, 9.17) is 5.73 Å². The fourth-order valence-electron chi connectivity index (χ4n) is 1.42. The highest BCUT2D eigenvalue weighted by atomic mass is 14.7.